The first kappa shape index (κ1) is 23.4. The zero-order valence-corrected chi connectivity index (χ0v) is 20.5. The van der Waals surface area contributed by atoms with Gasteiger partial charge in [-0.2, -0.15) is 0 Å². The highest BCUT2D eigenvalue weighted by Crippen LogP contribution is 2.36. The van der Waals surface area contributed by atoms with Crippen molar-refractivity contribution in [3.63, 3.8) is 0 Å². The number of amides is 1. The van der Waals surface area contributed by atoms with Gasteiger partial charge in [0.1, 0.15) is 9.71 Å². The average molecular weight is 500 g/mol. The van der Waals surface area contributed by atoms with Gasteiger partial charge in [0.25, 0.3) is 5.91 Å². The minimum atomic E-state index is -1.20. The molecule has 0 spiro atoms. The van der Waals surface area contributed by atoms with Gasteiger partial charge in [-0.3, -0.25) is 14.4 Å². The van der Waals surface area contributed by atoms with Crippen LogP contribution in [0.2, 0.25) is 0 Å². The number of thiophene rings is 1. The summed E-state index contributed by atoms with van der Waals surface area (Å²) in [4.78, 5) is 57.1. The topological polar surface area (TPSA) is 128 Å². The number of aryl methyl sites for hydroxylation is 2. The van der Waals surface area contributed by atoms with Gasteiger partial charge in [-0.05, 0) is 38.5 Å². The van der Waals surface area contributed by atoms with Gasteiger partial charge in [0.05, 0.1) is 16.9 Å². The molecule has 8 nitrogen and oxygen atoms in total. The molecule has 0 saturated heterocycles. The molecule has 1 aliphatic carbocycles. The lowest BCUT2D eigenvalue weighted by molar-refractivity contribution is -0.123. The predicted octanol–water partition coefficient (Wildman–Crippen LogP) is 4.45. The molecule has 1 unspecified atom stereocenters. The van der Waals surface area contributed by atoms with E-state index in [-0.39, 0.29) is 44.5 Å². The Hall–Kier alpha value is -4.37. The Morgan fingerprint density at radius 2 is 1.67 bits per heavy atom. The number of hydrogen-bond acceptors (Lipinski definition) is 8. The van der Waals surface area contributed by atoms with E-state index in [9.17, 15) is 19.2 Å². The monoisotopic (exact) mass is 499 g/mol. The Kier molecular flexibility index (Phi) is 5.64. The van der Waals surface area contributed by atoms with Crippen LogP contribution in [0.4, 0.5) is 11.4 Å². The van der Waals surface area contributed by atoms with E-state index in [1.165, 1.54) is 13.0 Å². The molecule has 0 radical (unpaired) electrons. The first-order valence-electron chi connectivity index (χ1n) is 11.2. The van der Waals surface area contributed by atoms with Gasteiger partial charge in [-0.15, -0.1) is 11.3 Å². The summed E-state index contributed by atoms with van der Waals surface area (Å²) in [5.74, 6) is -2.06. The smallest absolute Gasteiger partial charge is 0.351 e. The van der Waals surface area contributed by atoms with Crippen LogP contribution in [0.25, 0.3) is 10.2 Å². The maximum atomic E-state index is 13.2. The summed E-state index contributed by atoms with van der Waals surface area (Å²) in [5.41, 5.74) is 9.25. The number of esters is 1. The second kappa shape index (κ2) is 8.69. The Bertz CT molecular complexity index is 1620. The van der Waals surface area contributed by atoms with E-state index in [0.29, 0.717) is 15.8 Å². The number of nitrogens with two attached hydrogens (primary N) is 1. The van der Waals surface area contributed by atoms with Crippen LogP contribution in [-0.4, -0.2) is 34.5 Å². The number of pyridine rings is 1. The largest absolute Gasteiger partial charge is 0.448 e. The van der Waals surface area contributed by atoms with Crippen molar-refractivity contribution in [1.29, 1.82) is 0 Å². The predicted molar refractivity (Wildman–Crippen MR) is 137 cm³/mol. The maximum Gasteiger partial charge on any atom is 0.351 e. The molecule has 0 saturated carbocycles. The van der Waals surface area contributed by atoms with E-state index in [2.05, 4.69) is 10.3 Å². The Morgan fingerprint density at radius 3 is 2.39 bits per heavy atom. The van der Waals surface area contributed by atoms with Crippen LogP contribution in [-0.2, 0) is 9.53 Å². The van der Waals surface area contributed by atoms with Crippen LogP contribution in [0.1, 0.15) is 59.7 Å². The standard InChI is InChI=1S/C27H21N3O5S/c1-12-11-13(2)29-26-19(12)21(28)24(36-26)27(34)35-14(3)25(33)30-18-10-6-9-17-20(18)23(32)16-8-5-4-7-15(16)22(17)31/h4-11,14H,28H2,1-3H3,(H,30,33). The number of benzene rings is 2. The molecule has 1 amide bonds. The minimum absolute atomic E-state index is 0.110. The molecule has 5 rings (SSSR count). The molecule has 1 aliphatic rings. The lowest BCUT2D eigenvalue weighted by Gasteiger charge is -2.21. The average Bonchev–Trinajstić information content (AvgIpc) is 3.18. The molecule has 2 heterocycles. The Balaban J connectivity index is 1.38. The lowest BCUT2D eigenvalue weighted by atomic mass is 9.83. The lowest BCUT2D eigenvalue weighted by Crippen LogP contribution is -2.31. The molecule has 0 aliphatic heterocycles. The van der Waals surface area contributed by atoms with E-state index in [0.717, 1.165) is 22.6 Å². The fourth-order valence-corrected chi connectivity index (χ4v) is 5.47. The number of nitrogen functional groups attached to an aromatic ring is 1. The third kappa shape index (κ3) is 3.74. The summed E-state index contributed by atoms with van der Waals surface area (Å²) >= 11 is 1.11. The number of ether oxygens (including phenoxy) is 1. The first-order valence-corrected chi connectivity index (χ1v) is 12.0. The van der Waals surface area contributed by atoms with Crippen molar-refractivity contribution in [3.05, 3.63) is 86.9 Å². The molecule has 0 fully saturated rings. The van der Waals surface area contributed by atoms with E-state index in [1.807, 2.05) is 19.9 Å². The number of nitrogens with zero attached hydrogens (tertiary/aromatic N) is 1. The van der Waals surface area contributed by atoms with Crippen LogP contribution in [0, 0.1) is 13.8 Å². The second-order valence-corrected chi connectivity index (χ2v) is 9.57. The molecule has 4 aromatic rings. The highest BCUT2D eigenvalue weighted by Gasteiger charge is 2.32. The van der Waals surface area contributed by atoms with Crippen LogP contribution in [0.3, 0.4) is 0 Å². The summed E-state index contributed by atoms with van der Waals surface area (Å²) in [6, 6.07) is 13.1. The minimum Gasteiger partial charge on any atom is -0.448 e. The third-order valence-electron chi connectivity index (χ3n) is 6.07. The van der Waals surface area contributed by atoms with Gasteiger partial charge >= 0.3 is 5.97 Å². The zero-order chi connectivity index (χ0) is 25.7. The maximum absolute atomic E-state index is 13.2. The second-order valence-electron chi connectivity index (χ2n) is 8.57. The summed E-state index contributed by atoms with van der Waals surface area (Å²) < 4.78 is 5.40. The number of rotatable bonds is 4. The molecule has 2 aromatic heterocycles. The van der Waals surface area contributed by atoms with Crippen LogP contribution >= 0.6 is 11.3 Å². The number of ketones is 2. The number of hydrogen-bond donors (Lipinski definition) is 2. The Morgan fingerprint density at radius 1 is 1.00 bits per heavy atom. The zero-order valence-electron chi connectivity index (χ0n) is 19.7. The van der Waals surface area contributed by atoms with Gasteiger partial charge < -0.3 is 15.8 Å². The number of carbonyl (C=O) groups is 4. The highest BCUT2D eigenvalue weighted by molar-refractivity contribution is 7.21. The fraction of sp³-hybridized carbons (Fsp3) is 0.148. The molecular weight excluding hydrogens is 478 g/mol. The summed E-state index contributed by atoms with van der Waals surface area (Å²) in [6.07, 6.45) is -1.20. The van der Waals surface area contributed by atoms with Gasteiger partial charge in [-0.1, -0.05) is 36.4 Å². The molecule has 2 aromatic carbocycles. The summed E-state index contributed by atoms with van der Waals surface area (Å²) in [5, 5.41) is 3.33. The van der Waals surface area contributed by atoms with E-state index in [4.69, 9.17) is 10.5 Å². The van der Waals surface area contributed by atoms with Crippen molar-refractivity contribution < 1.29 is 23.9 Å². The fourth-order valence-electron chi connectivity index (χ4n) is 4.37. The normalized spacial score (nSPS) is 13.2. The van der Waals surface area contributed by atoms with Crippen LogP contribution in [0.5, 0.6) is 0 Å². The molecule has 0 bridgehead atoms. The third-order valence-corrected chi connectivity index (χ3v) is 7.15. The van der Waals surface area contributed by atoms with Gasteiger partial charge in [0.2, 0.25) is 0 Å². The van der Waals surface area contributed by atoms with Gasteiger partial charge in [-0.25, -0.2) is 9.78 Å². The highest BCUT2D eigenvalue weighted by atomic mass is 32.1. The van der Waals surface area contributed by atoms with Crippen molar-refractivity contribution in [3.8, 4) is 0 Å². The molecular formula is C27H21N3O5S. The van der Waals surface area contributed by atoms with E-state index < -0.39 is 18.0 Å². The Labute approximate surface area is 210 Å². The molecule has 36 heavy (non-hydrogen) atoms. The van der Waals surface area contributed by atoms with Crippen molar-refractivity contribution in [2.24, 2.45) is 0 Å². The molecule has 3 N–H and O–H groups in total. The molecule has 9 heteroatoms. The quantitative estimate of drug-likeness (QED) is 0.350. The van der Waals surface area contributed by atoms with Crippen LogP contribution in [0.15, 0.2) is 48.5 Å². The molecule has 1 atom stereocenters. The number of aromatic nitrogens is 1. The van der Waals surface area contributed by atoms with E-state index >= 15 is 0 Å². The number of anilines is 2. The SMILES string of the molecule is Cc1cc(C)c2c(N)c(C(=O)OC(C)C(=O)Nc3cccc4c3C(=O)c3ccccc3C4=O)sc2n1. The number of carbonyl (C=O) groups excluding carboxylic acids is 4. The number of nitrogens with one attached hydrogen (secondary N) is 1. The number of fused-ring (bicyclic) bond motifs is 3. The van der Waals surface area contributed by atoms with Gasteiger partial charge in [0.15, 0.2) is 17.7 Å². The molecule has 180 valence electrons. The summed E-state index contributed by atoms with van der Waals surface area (Å²) in [6.45, 7) is 5.16. The van der Waals surface area contributed by atoms with Crippen LogP contribution < -0.4 is 11.1 Å². The van der Waals surface area contributed by atoms with Crippen molar-refractivity contribution in [2.75, 3.05) is 11.1 Å². The van der Waals surface area contributed by atoms with E-state index in [1.54, 1.807) is 36.4 Å². The summed E-state index contributed by atoms with van der Waals surface area (Å²) in [7, 11) is 0. The van der Waals surface area contributed by atoms with Gasteiger partial charge in [0, 0.05) is 27.8 Å². The van der Waals surface area contributed by atoms with Crippen molar-refractivity contribution in [1.82, 2.24) is 4.98 Å². The first-order chi connectivity index (χ1) is 17.2. The van der Waals surface area contributed by atoms with Crippen molar-refractivity contribution in [2.45, 2.75) is 26.9 Å². The van der Waals surface area contributed by atoms with Crippen molar-refractivity contribution >= 4 is 56.4 Å².